The van der Waals surface area contributed by atoms with Gasteiger partial charge >= 0.3 is 0 Å². The Morgan fingerprint density at radius 2 is 1.86 bits per heavy atom. The van der Waals surface area contributed by atoms with E-state index in [1.54, 1.807) is 12.1 Å². The predicted octanol–water partition coefficient (Wildman–Crippen LogP) is 3.52. The molecule has 1 saturated carbocycles. The monoisotopic (exact) mass is 305 g/mol. The van der Waals surface area contributed by atoms with E-state index in [2.05, 4.69) is 0 Å². The maximum Gasteiger partial charge on any atom is 0.228 e. The molecular weight excluding hydrogens is 281 g/mol. The zero-order valence-corrected chi connectivity index (χ0v) is 13.0. The van der Waals surface area contributed by atoms with Crippen molar-refractivity contribution >= 4 is 5.91 Å². The van der Waals surface area contributed by atoms with Crippen molar-refractivity contribution in [1.82, 2.24) is 4.90 Å². The smallest absolute Gasteiger partial charge is 0.228 e. The number of hydrogen-bond acceptors (Lipinski definition) is 2. The van der Waals surface area contributed by atoms with Crippen LogP contribution in [0.5, 0.6) is 0 Å². The van der Waals surface area contributed by atoms with Gasteiger partial charge in [0.1, 0.15) is 5.82 Å². The zero-order valence-electron chi connectivity index (χ0n) is 13.0. The lowest BCUT2D eigenvalue weighted by atomic mass is 9.92. The number of ether oxygens (including phenoxy) is 1. The Morgan fingerprint density at radius 1 is 1.14 bits per heavy atom. The molecule has 1 saturated heterocycles. The van der Waals surface area contributed by atoms with Crippen molar-refractivity contribution in [1.29, 1.82) is 0 Å². The van der Waals surface area contributed by atoms with E-state index in [1.165, 1.54) is 31.4 Å². The average molecular weight is 305 g/mol. The van der Waals surface area contributed by atoms with Gasteiger partial charge in [0.05, 0.1) is 12.5 Å². The van der Waals surface area contributed by atoms with Gasteiger partial charge in [0.15, 0.2) is 0 Å². The van der Waals surface area contributed by atoms with Crippen molar-refractivity contribution in [2.45, 2.75) is 51.1 Å². The first-order valence-electron chi connectivity index (χ1n) is 8.37. The van der Waals surface area contributed by atoms with Crippen molar-refractivity contribution in [2.24, 2.45) is 5.92 Å². The van der Waals surface area contributed by atoms with Crippen molar-refractivity contribution in [3.8, 4) is 0 Å². The maximum absolute atomic E-state index is 13.1. The number of amides is 1. The van der Waals surface area contributed by atoms with Gasteiger partial charge < -0.3 is 9.64 Å². The van der Waals surface area contributed by atoms with Gasteiger partial charge in [0.2, 0.25) is 5.91 Å². The second-order valence-corrected chi connectivity index (χ2v) is 6.44. The molecular formula is C18H24FNO2. The van der Waals surface area contributed by atoms with E-state index in [1.807, 2.05) is 4.90 Å². The highest BCUT2D eigenvalue weighted by Gasteiger charge is 2.32. The number of rotatable bonds is 4. The van der Waals surface area contributed by atoms with Gasteiger partial charge in [-0.3, -0.25) is 4.79 Å². The third-order valence-corrected chi connectivity index (χ3v) is 4.84. The fourth-order valence-corrected chi connectivity index (χ4v) is 3.53. The number of carbonyl (C=O) groups is 1. The second kappa shape index (κ2) is 7.23. The van der Waals surface area contributed by atoms with Crippen LogP contribution in [-0.2, 0) is 16.1 Å². The molecule has 1 heterocycles. The molecule has 0 spiro atoms. The average Bonchev–Trinajstić information content (AvgIpc) is 3.09. The van der Waals surface area contributed by atoms with Crippen LogP contribution in [-0.4, -0.2) is 30.1 Å². The van der Waals surface area contributed by atoms with Gasteiger partial charge in [-0.2, -0.15) is 0 Å². The van der Waals surface area contributed by atoms with Gasteiger partial charge in [-0.25, -0.2) is 4.39 Å². The van der Waals surface area contributed by atoms with E-state index in [-0.39, 0.29) is 17.6 Å². The summed E-state index contributed by atoms with van der Waals surface area (Å²) in [6, 6.07) is 6.83. The quantitative estimate of drug-likeness (QED) is 0.852. The van der Waals surface area contributed by atoms with E-state index in [0.717, 1.165) is 24.8 Å². The van der Waals surface area contributed by atoms with Gasteiger partial charge in [0.25, 0.3) is 0 Å². The Morgan fingerprint density at radius 3 is 2.50 bits per heavy atom. The second-order valence-electron chi connectivity index (χ2n) is 6.44. The SMILES string of the molecule is O=C([C@@H]1CCOC1)N(Cc1ccc(F)cc1)C1CCCCC1. The molecule has 22 heavy (non-hydrogen) atoms. The minimum absolute atomic E-state index is 0.00220. The summed E-state index contributed by atoms with van der Waals surface area (Å²) in [6.07, 6.45) is 6.65. The molecule has 1 atom stereocenters. The molecule has 1 aromatic carbocycles. The molecule has 1 aliphatic carbocycles. The van der Waals surface area contributed by atoms with Gasteiger partial charge in [-0.05, 0) is 37.0 Å². The van der Waals surface area contributed by atoms with Crippen LogP contribution in [0.4, 0.5) is 4.39 Å². The Bertz CT molecular complexity index is 490. The minimum Gasteiger partial charge on any atom is -0.381 e. The molecule has 3 nitrogen and oxygen atoms in total. The summed E-state index contributed by atoms with van der Waals surface area (Å²) in [5.74, 6) is -0.0143. The first-order chi connectivity index (χ1) is 10.7. The molecule has 0 bridgehead atoms. The first kappa shape index (κ1) is 15.5. The lowest BCUT2D eigenvalue weighted by molar-refractivity contribution is -0.139. The van der Waals surface area contributed by atoms with E-state index in [9.17, 15) is 9.18 Å². The molecule has 1 amide bonds. The molecule has 1 aromatic rings. The van der Waals surface area contributed by atoms with Crippen LogP contribution in [0.1, 0.15) is 44.1 Å². The van der Waals surface area contributed by atoms with Crippen molar-refractivity contribution in [2.75, 3.05) is 13.2 Å². The molecule has 2 aliphatic rings. The third kappa shape index (κ3) is 3.67. The third-order valence-electron chi connectivity index (χ3n) is 4.84. The molecule has 120 valence electrons. The molecule has 0 N–H and O–H groups in total. The number of halogens is 1. The van der Waals surface area contributed by atoms with Crippen LogP contribution in [0.2, 0.25) is 0 Å². The number of benzene rings is 1. The van der Waals surface area contributed by atoms with E-state index >= 15 is 0 Å². The normalized spacial score (nSPS) is 22.7. The lowest BCUT2D eigenvalue weighted by Gasteiger charge is -2.36. The summed E-state index contributed by atoms with van der Waals surface area (Å²) in [4.78, 5) is 14.9. The highest BCUT2D eigenvalue weighted by Crippen LogP contribution is 2.27. The van der Waals surface area contributed by atoms with Gasteiger partial charge in [-0.1, -0.05) is 31.4 Å². The van der Waals surface area contributed by atoms with Crippen LogP contribution < -0.4 is 0 Å². The molecule has 4 heteroatoms. The van der Waals surface area contributed by atoms with Crippen LogP contribution in [0.25, 0.3) is 0 Å². The predicted molar refractivity (Wildman–Crippen MR) is 82.7 cm³/mol. The Kier molecular flexibility index (Phi) is 5.08. The van der Waals surface area contributed by atoms with Crippen LogP contribution >= 0.6 is 0 Å². The largest absolute Gasteiger partial charge is 0.381 e. The highest BCUT2D eigenvalue weighted by molar-refractivity contribution is 5.79. The Labute approximate surface area is 131 Å². The summed E-state index contributed by atoms with van der Waals surface area (Å²) in [7, 11) is 0. The van der Waals surface area contributed by atoms with E-state index < -0.39 is 0 Å². The molecule has 2 fully saturated rings. The number of hydrogen-bond donors (Lipinski definition) is 0. The van der Waals surface area contributed by atoms with Crippen molar-refractivity contribution in [3.63, 3.8) is 0 Å². The first-order valence-corrected chi connectivity index (χ1v) is 8.37. The van der Waals surface area contributed by atoms with Crippen LogP contribution in [0.3, 0.4) is 0 Å². The Balaban J connectivity index is 1.75. The maximum atomic E-state index is 13.1. The molecule has 0 unspecified atom stereocenters. The fourth-order valence-electron chi connectivity index (χ4n) is 3.53. The highest BCUT2D eigenvalue weighted by atomic mass is 19.1. The van der Waals surface area contributed by atoms with Gasteiger partial charge in [-0.15, -0.1) is 0 Å². The van der Waals surface area contributed by atoms with Crippen molar-refractivity contribution in [3.05, 3.63) is 35.6 Å². The van der Waals surface area contributed by atoms with Crippen molar-refractivity contribution < 1.29 is 13.9 Å². The Hall–Kier alpha value is -1.42. The minimum atomic E-state index is -0.233. The van der Waals surface area contributed by atoms with E-state index in [4.69, 9.17) is 4.74 Å². The summed E-state index contributed by atoms with van der Waals surface area (Å²) in [5.41, 5.74) is 0.999. The summed E-state index contributed by atoms with van der Waals surface area (Å²) in [5, 5.41) is 0. The van der Waals surface area contributed by atoms with Gasteiger partial charge in [0, 0.05) is 19.2 Å². The van der Waals surface area contributed by atoms with Crippen LogP contribution in [0.15, 0.2) is 24.3 Å². The number of nitrogens with zero attached hydrogens (tertiary/aromatic N) is 1. The summed E-state index contributed by atoms with van der Waals surface area (Å²) < 4.78 is 18.5. The molecule has 0 aromatic heterocycles. The van der Waals surface area contributed by atoms with Crippen LogP contribution in [0, 0.1) is 11.7 Å². The summed E-state index contributed by atoms with van der Waals surface area (Å²) >= 11 is 0. The summed E-state index contributed by atoms with van der Waals surface area (Å²) in [6.45, 7) is 1.82. The molecule has 1 aliphatic heterocycles. The fraction of sp³-hybridized carbons (Fsp3) is 0.611. The standard InChI is InChI=1S/C18H24FNO2/c19-16-8-6-14(7-9-16)12-20(17-4-2-1-3-5-17)18(21)15-10-11-22-13-15/h6-9,15,17H,1-5,10-13H2/t15-/m1/s1. The topological polar surface area (TPSA) is 29.5 Å². The number of carbonyl (C=O) groups excluding carboxylic acids is 1. The molecule has 3 rings (SSSR count). The lowest BCUT2D eigenvalue weighted by Crippen LogP contribution is -2.44. The molecule has 0 radical (unpaired) electrons. The zero-order chi connectivity index (χ0) is 15.4. The van der Waals surface area contributed by atoms with E-state index in [0.29, 0.717) is 25.8 Å².